The molecule has 0 aliphatic heterocycles. The first-order valence-electron chi connectivity index (χ1n) is 9.01. The van der Waals surface area contributed by atoms with Crippen LogP contribution >= 0.6 is 0 Å². The largest absolute Gasteiger partial charge is 0.481 e. The topological polar surface area (TPSA) is 118 Å². The van der Waals surface area contributed by atoms with Crippen LogP contribution in [-0.4, -0.2) is 33.2 Å². The lowest BCUT2D eigenvalue weighted by molar-refractivity contribution is -0.137. The van der Waals surface area contributed by atoms with Gasteiger partial charge in [-0.3, -0.25) is 9.59 Å². The third-order valence-corrected chi connectivity index (χ3v) is 4.17. The van der Waals surface area contributed by atoms with Crippen LogP contribution in [0.2, 0.25) is 0 Å². The third-order valence-electron chi connectivity index (χ3n) is 4.17. The lowest BCUT2D eigenvalue weighted by Gasteiger charge is -2.18. The number of aliphatic carboxylic acids is 1. The number of benzene rings is 1. The summed E-state index contributed by atoms with van der Waals surface area (Å²) in [5.74, 6) is 0.0965. The molecule has 8 nitrogen and oxygen atoms in total. The van der Waals surface area contributed by atoms with Crippen LogP contribution in [0.25, 0.3) is 11.6 Å². The number of amides is 1. The van der Waals surface area contributed by atoms with Gasteiger partial charge in [0.05, 0.1) is 6.26 Å². The summed E-state index contributed by atoms with van der Waals surface area (Å²) in [5, 5.41) is 15.7. The molecule has 1 atom stereocenters. The maximum Gasteiger partial charge on any atom is 0.303 e. The minimum atomic E-state index is -0.886. The monoisotopic (exact) mass is 383 g/mol. The Balaban J connectivity index is 1.53. The van der Waals surface area contributed by atoms with Gasteiger partial charge in [-0.2, -0.15) is 4.98 Å². The van der Waals surface area contributed by atoms with E-state index in [-0.39, 0.29) is 31.2 Å². The number of nitrogens with zero attached hydrogens (tertiary/aromatic N) is 2. The second-order valence-corrected chi connectivity index (χ2v) is 6.38. The average molecular weight is 383 g/mol. The summed E-state index contributed by atoms with van der Waals surface area (Å²) >= 11 is 0. The number of aryl methyl sites for hydroxylation is 1. The number of aromatic nitrogens is 2. The van der Waals surface area contributed by atoms with Gasteiger partial charge in [0.2, 0.25) is 17.6 Å². The number of carboxylic acid groups (broad SMARTS) is 1. The summed E-state index contributed by atoms with van der Waals surface area (Å²) < 4.78 is 10.3. The number of hydrogen-bond acceptors (Lipinski definition) is 6. The predicted molar refractivity (Wildman–Crippen MR) is 99.3 cm³/mol. The van der Waals surface area contributed by atoms with Crippen LogP contribution in [0.5, 0.6) is 0 Å². The highest BCUT2D eigenvalue weighted by Crippen LogP contribution is 2.16. The van der Waals surface area contributed by atoms with E-state index in [0.717, 1.165) is 5.56 Å². The van der Waals surface area contributed by atoms with Crippen LogP contribution in [-0.2, 0) is 22.4 Å². The Morgan fingerprint density at radius 2 is 1.93 bits per heavy atom. The molecule has 0 bridgehead atoms. The fourth-order valence-corrected chi connectivity index (χ4v) is 2.80. The van der Waals surface area contributed by atoms with Crippen molar-refractivity contribution >= 4 is 11.9 Å². The fourth-order valence-electron chi connectivity index (χ4n) is 2.80. The molecule has 0 fully saturated rings. The van der Waals surface area contributed by atoms with Crippen LogP contribution in [0.1, 0.15) is 30.7 Å². The van der Waals surface area contributed by atoms with Crippen molar-refractivity contribution in [2.24, 2.45) is 0 Å². The Hall–Kier alpha value is -3.42. The minimum absolute atomic E-state index is 0.00601. The second kappa shape index (κ2) is 9.50. The first-order valence-corrected chi connectivity index (χ1v) is 9.01. The van der Waals surface area contributed by atoms with Gasteiger partial charge in [-0.25, -0.2) is 0 Å². The maximum absolute atomic E-state index is 12.3. The molecule has 0 spiro atoms. The summed E-state index contributed by atoms with van der Waals surface area (Å²) in [6.07, 6.45) is 2.90. The van der Waals surface area contributed by atoms with E-state index in [4.69, 9.17) is 14.0 Å². The molecular weight excluding hydrogens is 362 g/mol. The molecule has 0 saturated heterocycles. The van der Waals surface area contributed by atoms with Crippen molar-refractivity contribution in [1.29, 1.82) is 0 Å². The van der Waals surface area contributed by atoms with Gasteiger partial charge in [0, 0.05) is 25.3 Å². The molecule has 0 radical (unpaired) electrons. The van der Waals surface area contributed by atoms with Crippen LogP contribution in [0.4, 0.5) is 0 Å². The van der Waals surface area contributed by atoms with Gasteiger partial charge in [0.15, 0.2) is 5.76 Å². The molecule has 146 valence electrons. The molecule has 1 aromatic carbocycles. The lowest BCUT2D eigenvalue weighted by Crippen LogP contribution is -2.37. The number of carboxylic acids is 1. The summed E-state index contributed by atoms with van der Waals surface area (Å²) in [7, 11) is 0. The minimum Gasteiger partial charge on any atom is -0.481 e. The molecule has 2 aromatic heterocycles. The molecule has 3 aromatic rings. The van der Waals surface area contributed by atoms with Crippen molar-refractivity contribution < 1.29 is 23.6 Å². The number of furan rings is 1. The van der Waals surface area contributed by atoms with Gasteiger partial charge in [0.25, 0.3) is 0 Å². The Morgan fingerprint density at radius 3 is 2.64 bits per heavy atom. The zero-order valence-electron chi connectivity index (χ0n) is 15.2. The van der Waals surface area contributed by atoms with E-state index >= 15 is 0 Å². The first kappa shape index (κ1) is 19.3. The predicted octanol–water partition coefficient (Wildman–Crippen LogP) is 2.85. The summed E-state index contributed by atoms with van der Waals surface area (Å²) in [6, 6.07) is 12.8. The fraction of sp³-hybridized carbons (Fsp3) is 0.300. The van der Waals surface area contributed by atoms with Gasteiger partial charge >= 0.3 is 5.97 Å². The van der Waals surface area contributed by atoms with Crippen molar-refractivity contribution in [2.45, 2.75) is 38.1 Å². The normalized spacial score (nSPS) is 11.9. The van der Waals surface area contributed by atoms with E-state index in [1.807, 2.05) is 30.3 Å². The van der Waals surface area contributed by atoms with E-state index in [1.165, 1.54) is 6.26 Å². The summed E-state index contributed by atoms with van der Waals surface area (Å²) in [4.78, 5) is 27.4. The van der Waals surface area contributed by atoms with Crippen LogP contribution < -0.4 is 5.32 Å². The van der Waals surface area contributed by atoms with Gasteiger partial charge in [0.1, 0.15) is 0 Å². The highest BCUT2D eigenvalue weighted by Gasteiger charge is 2.17. The van der Waals surface area contributed by atoms with Crippen molar-refractivity contribution in [2.75, 3.05) is 0 Å². The van der Waals surface area contributed by atoms with Crippen LogP contribution in [0, 0.1) is 0 Å². The van der Waals surface area contributed by atoms with Crippen LogP contribution in [0.15, 0.2) is 57.7 Å². The SMILES string of the molecule is O=C(O)CCC(Cc1ccccc1)NC(=O)CCc1nc(-c2ccco2)no1. The second-order valence-electron chi connectivity index (χ2n) is 6.38. The molecular formula is C20H21N3O5. The van der Waals surface area contributed by atoms with Crippen molar-refractivity contribution in [3.05, 3.63) is 60.2 Å². The van der Waals surface area contributed by atoms with Crippen molar-refractivity contribution in [3.63, 3.8) is 0 Å². The zero-order valence-corrected chi connectivity index (χ0v) is 15.2. The number of carbonyl (C=O) groups is 2. The Morgan fingerprint density at radius 1 is 1.11 bits per heavy atom. The molecule has 8 heteroatoms. The number of rotatable bonds is 10. The molecule has 0 aliphatic rings. The molecule has 1 unspecified atom stereocenters. The number of nitrogens with one attached hydrogen (secondary N) is 1. The van der Waals surface area contributed by atoms with Crippen molar-refractivity contribution in [1.82, 2.24) is 15.5 Å². The lowest BCUT2D eigenvalue weighted by atomic mass is 10.0. The van der Waals surface area contributed by atoms with Gasteiger partial charge < -0.3 is 19.4 Å². The van der Waals surface area contributed by atoms with E-state index in [1.54, 1.807) is 12.1 Å². The molecule has 3 rings (SSSR count). The first-order chi connectivity index (χ1) is 13.6. The summed E-state index contributed by atoms with van der Waals surface area (Å²) in [5.41, 5.74) is 1.04. The maximum atomic E-state index is 12.3. The molecule has 2 heterocycles. The highest BCUT2D eigenvalue weighted by molar-refractivity contribution is 5.76. The van der Waals surface area contributed by atoms with E-state index < -0.39 is 5.97 Å². The standard InChI is InChI=1S/C20H21N3O5/c24-17(9-10-18-22-20(23-28-18)16-7-4-12-27-16)21-15(8-11-19(25)26)13-14-5-2-1-3-6-14/h1-7,12,15H,8-11,13H2,(H,21,24)(H,25,26). The Labute approximate surface area is 161 Å². The number of hydrogen-bond donors (Lipinski definition) is 2. The molecule has 2 N–H and O–H groups in total. The molecule has 0 aliphatic carbocycles. The summed E-state index contributed by atoms with van der Waals surface area (Å²) in [6.45, 7) is 0. The average Bonchev–Trinajstić information content (AvgIpc) is 3.37. The zero-order chi connectivity index (χ0) is 19.8. The van der Waals surface area contributed by atoms with Crippen molar-refractivity contribution in [3.8, 4) is 11.6 Å². The van der Waals surface area contributed by atoms with E-state index in [0.29, 0.717) is 30.3 Å². The van der Waals surface area contributed by atoms with E-state index in [9.17, 15) is 9.59 Å². The quantitative estimate of drug-likeness (QED) is 0.552. The third kappa shape index (κ3) is 5.80. The Bertz CT molecular complexity index is 890. The van der Waals surface area contributed by atoms with Gasteiger partial charge in [-0.05, 0) is 30.5 Å². The van der Waals surface area contributed by atoms with Crippen LogP contribution in [0.3, 0.4) is 0 Å². The molecule has 0 saturated carbocycles. The smallest absolute Gasteiger partial charge is 0.303 e. The van der Waals surface area contributed by atoms with Gasteiger partial charge in [-0.15, -0.1) is 0 Å². The van der Waals surface area contributed by atoms with E-state index in [2.05, 4.69) is 15.5 Å². The highest BCUT2D eigenvalue weighted by atomic mass is 16.5. The number of carbonyl (C=O) groups excluding carboxylic acids is 1. The molecule has 28 heavy (non-hydrogen) atoms. The molecule has 1 amide bonds. The van der Waals surface area contributed by atoms with Gasteiger partial charge in [-0.1, -0.05) is 35.5 Å². The Kier molecular flexibility index (Phi) is 6.56.